The Hall–Kier alpha value is -1.97. The Balaban J connectivity index is 2.40. The molecule has 2 aromatic rings. The zero-order valence-electron chi connectivity index (χ0n) is 10.8. The predicted molar refractivity (Wildman–Crippen MR) is 69.8 cm³/mol. The monoisotopic (exact) mass is 247 g/mol. The average molecular weight is 247 g/mol. The van der Waals surface area contributed by atoms with Gasteiger partial charge in [0.15, 0.2) is 0 Å². The van der Waals surface area contributed by atoms with Crippen molar-refractivity contribution in [2.75, 3.05) is 6.61 Å². The third-order valence-electron chi connectivity index (χ3n) is 2.72. The lowest BCUT2D eigenvalue weighted by Crippen LogP contribution is -2.10. The molecule has 1 aromatic carbocycles. The van der Waals surface area contributed by atoms with Crippen LogP contribution in [0.5, 0.6) is 5.75 Å². The van der Waals surface area contributed by atoms with E-state index < -0.39 is 0 Å². The fourth-order valence-corrected chi connectivity index (χ4v) is 1.89. The number of carbonyl (C=O) groups is 1. The Morgan fingerprint density at radius 1 is 1.44 bits per heavy atom. The molecule has 0 bridgehead atoms. The lowest BCUT2D eigenvalue weighted by Gasteiger charge is -2.07. The first kappa shape index (κ1) is 12.5. The highest BCUT2D eigenvalue weighted by Crippen LogP contribution is 2.26. The predicted octanol–water partition coefficient (Wildman–Crippen LogP) is 2.99. The summed E-state index contributed by atoms with van der Waals surface area (Å²) in [5, 5.41) is 10.2. The van der Waals surface area contributed by atoms with Crippen LogP contribution in [0.4, 0.5) is 0 Å². The first-order valence-electron chi connectivity index (χ1n) is 5.97. The van der Waals surface area contributed by atoms with Crippen molar-refractivity contribution in [3.8, 4) is 5.75 Å². The minimum Gasteiger partial charge on any atom is -0.508 e. The Bertz CT molecular complexity index is 584. The molecule has 2 N–H and O–H groups in total. The third-order valence-corrected chi connectivity index (χ3v) is 2.72. The van der Waals surface area contributed by atoms with Crippen LogP contribution in [-0.2, 0) is 4.74 Å². The molecular weight excluding hydrogens is 230 g/mol. The Kier molecular flexibility index (Phi) is 3.28. The molecule has 0 spiro atoms. The van der Waals surface area contributed by atoms with Gasteiger partial charge in [-0.25, -0.2) is 4.79 Å². The fraction of sp³-hybridized carbons (Fsp3) is 0.357. The maximum absolute atomic E-state index is 12.0. The van der Waals surface area contributed by atoms with Crippen LogP contribution in [0.1, 0.15) is 29.9 Å². The van der Waals surface area contributed by atoms with Crippen LogP contribution in [-0.4, -0.2) is 22.7 Å². The molecular formula is C14H17NO3. The number of phenols is 1. The summed E-state index contributed by atoms with van der Waals surface area (Å²) in [4.78, 5) is 15.1. The van der Waals surface area contributed by atoms with Gasteiger partial charge in [-0.1, -0.05) is 13.8 Å². The number of esters is 1. The molecule has 0 amide bonds. The molecule has 0 aliphatic heterocycles. The molecule has 18 heavy (non-hydrogen) atoms. The molecule has 0 aliphatic carbocycles. The lowest BCUT2D eigenvalue weighted by molar-refractivity contribution is 0.0460. The van der Waals surface area contributed by atoms with E-state index in [1.54, 1.807) is 18.2 Å². The summed E-state index contributed by atoms with van der Waals surface area (Å²) >= 11 is 0. The van der Waals surface area contributed by atoms with E-state index in [0.717, 1.165) is 11.2 Å². The number of phenolic OH excluding ortho intramolecular Hbond substituents is 1. The van der Waals surface area contributed by atoms with E-state index in [-0.39, 0.29) is 11.7 Å². The number of aromatic amines is 1. The van der Waals surface area contributed by atoms with Crippen molar-refractivity contribution < 1.29 is 14.6 Å². The summed E-state index contributed by atoms with van der Waals surface area (Å²) < 4.78 is 5.24. The van der Waals surface area contributed by atoms with Gasteiger partial charge in [-0.2, -0.15) is 0 Å². The molecule has 0 saturated carbocycles. The molecule has 96 valence electrons. The number of aromatic nitrogens is 1. The number of ether oxygens (including phenoxy) is 1. The topological polar surface area (TPSA) is 62.3 Å². The SMILES string of the molecule is Cc1[nH]c2ccc(O)cc2c1C(=O)OCC(C)C. The van der Waals surface area contributed by atoms with Gasteiger partial charge in [0.1, 0.15) is 5.75 Å². The number of hydrogen-bond acceptors (Lipinski definition) is 3. The fourth-order valence-electron chi connectivity index (χ4n) is 1.89. The summed E-state index contributed by atoms with van der Waals surface area (Å²) in [5.41, 5.74) is 2.08. The van der Waals surface area contributed by atoms with E-state index in [9.17, 15) is 9.90 Å². The quantitative estimate of drug-likeness (QED) is 0.819. The van der Waals surface area contributed by atoms with Gasteiger partial charge in [0, 0.05) is 16.6 Å². The Labute approximate surface area is 106 Å². The van der Waals surface area contributed by atoms with Gasteiger partial charge in [-0.15, -0.1) is 0 Å². The Morgan fingerprint density at radius 2 is 2.17 bits per heavy atom. The van der Waals surface area contributed by atoms with Crippen molar-refractivity contribution in [1.29, 1.82) is 0 Å². The Morgan fingerprint density at radius 3 is 2.83 bits per heavy atom. The molecule has 0 atom stereocenters. The van der Waals surface area contributed by atoms with Crippen LogP contribution < -0.4 is 0 Å². The van der Waals surface area contributed by atoms with Crippen LogP contribution in [0.15, 0.2) is 18.2 Å². The van der Waals surface area contributed by atoms with Gasteiger partial charge in [0.2, 0.25) is 0 Å². The van der Waals surface area contributed by atoms with Crippen molar-refractivity contribution in [3.63, 3.8) is 0 Å². The minimum absolute atomic E-state index is 0.138. The zero-order valence-corrected chi connectivity index (χ0v) is 10.8. The van der Waals surface area contributed by atoms with E-state index in [0.29, 0.717) is 23.5 Å². The maximum atomic E-state index is 12.0. The highest BCUT2D eigenvalue weighted by Gasteiger charge is 2.18. The van der Waals surface area contributed by atoms with Crippen molar-refractivity contribution in [1.82, 2.24) is 4.98 Å². The number of rotatable bonds is 3. The van der Waals surface area contributed by atoms with Crippen molar-refractivity contribution >= 4 is 16.9 Å². The number of aromatic hydroxyl groups is 1. The van der Waals surface area contributed by atoms with Crippen molar-refractivity contribution in [3.05, 3.63) is 29.5 Å². The largest absolute Gasteiger partial charge is 0.508 e. The molecule has 0 fully saturated rings. The summed E-state index contributed by atoms with van der Waals surface area (Å²) in [6.45, 7) is 6.19. The van der Waals surface area contributed by atoms with Gasteiger partial charge in [0.25, 0.3) is 0 Å². The standard InChI is InChI=1S/C14H17NO3/c1-8(2)7-18-14(17)13-9(3)15-12-5-4-10(16)6-11(12)13/h4-6,8,15-16H,7H2,1-3H3. The van der Waals surface area contributed by atoms with Crippen LogP contribution in [0.2, 0.25) is 0 Å². The molecule has 2 rings (SSSR count). The number of hydrogen-bond donors (Lipinski definition) is 2. The van der Waals surface area contributed by atoms with Gasteiger partial charge in [-0.05, 0) is 31.0 Å². The van der Waals surface area contributed by atoms with Gasteiger partial charge < -0.3 is 14.8 Å². The molecule has 0 radical (unpaired) electrons. The number of fused-ring (bicyclic) bond motifs is 1. The molecule has 1 heterocycles. The van der Waals surface area contributed by atoms with Gasteiger partial charge >= 0.3 is 5.97 Å². The summed E-state index contributed by atoms with van der Waals surface area (Å²) in [6.07, 6.45) is 0. The highest BCUT2D eigenvalue weighted by molar-refractivity contribution is 6.05. The van der Waals surface area contributed by atoms with E-state index in [1.165, 1.54) is 0 Å². The first-order chi connectivity index (χ1) is 8.49. The lowest BCUT2D eigenvalue weighted by atomic mass is 10.1. The van der Waals surface area contributed by atoms with Crippen LogP contribution in [0.25, 0.3) is 10.9 Å². The smallest absolute Gasteiger partial charge is 0.340 e. The molecule has 0 aliphatic rings. The summed E-state index contributed by atoms with van der Waals surface area (Å²) in [5.74, 6) is 0.0883. The normalized spacial score (nSPS) is 11.1. The molecule has 4 nitrogen and oxygen atoms in total. The van der Waals surface area contributed by atoms with Gasteiger partial charge in [-0.3, -0.25) is 0 Å². The van der Waals surface area contributed by atoms with E-state index in [4.69, 9.17) is 4.74 Å². The van der Waals surface area contributed by atoms with Crippen molar-refractivity contribution in [2.24, 2.45) is 5.92 Å². The van der Waals surface area contributed by atoms with E-state index in [2.05, 4.69) is 4.98 Å². The third kappa shape index (κ3) is 2.32. The summed E-state index contributed by atoms with van der Waals surface area (Å²) in [6, 6.07) is 4.91. The number of aryl methyl sites for hydroxylation is 1. The zero-order chi connectivity index (χ0) is 13.3. The highest BCUT2D eigenvalue weighted by atomic mass is 16.5. The molecule has 1 aromatic heterocycles. The maximum Gasteiger partial charge on any atom is 0.340 e. The van der Waals surface area contributed by atoms with Gasteiger partial charge in [0.05, 0.1) is 12.2 Å². The minimum atomic E-state index is -0.349. The second kappa shape index (κ2) is 4.72. The number of nitrogens with one attached hydrogen (secondary N) is 1. The second-order valence-corrected chi connectivity index (χ2v) is 4.85. The van der Waals surface area contributed by atoms with E-state index in [1.807, 2.05) is 20.8 Å². The number of benzene rings is 1. The number of carbonyl (C=O) groups excluding carboxylic acids is 1. The first-order valence-corrected chi connectivity index (χ1v) is 5.97. The number of H-pyrrole nitrogens is 1. The second-order valence-electron chi connectivity index (χ2n) is 4.85. The van der Waals surface area contributed by atoms with Crippen molar-refractivity contribution in [2.45, 2.75) is 20.8 Å². The van der Waals surface area contributed by atoms with Crippen LogP contribution in [0.3, 0.4) is 0 Å². The average Bonchev–Trinajstić information content (AvgIpc) is 2.61. The van der Waals surface area contributed by atoms with E-state index >= 15 is 0 Å². The molecule has 0 unspecified atom stereocenters. The summed E-state index contributed by atoms with van der Waals surface area (Å²) in [7, 11) is 0. The molecule has 4 heteroatoms. The van der Waals surface area contributed by atoms with Crippen LogP contribution >= 0.6 is 0 Å². The van der Waals surface area contributed by atoms with Crippen LogP contribution in [0, 0.1) is 12.8 Å². The molecule has 0 saturated heterocycles.